The van der Waals surface area contributed by atoms with Crippen molar-refractivity contribution in [1.29, 1.82) is 0 Å². The third kappa shape index (κ3) is 4.01. The molecule has 0 aliphatic carbocycles. The Morgan fingerprint density at radius 2 is 1.96 bits per heavy atom. The number of hydrogen-bond acceptors (Lipinski definition) is 5. The van der Waals surface area contributed by atoms with Crippen LogP contribution in [0.25, 0.3) is 10.2 Å². The number of nitrogens with zero attached hydrogens (tertiary/aromatic N) is 3. The van der Waals surface area contributed by atoms with E-state index >= 15 is 0 Å². The van der Waals surface area contributed by atoms with Crippen LogP contribution < -0.4 is 9.64 Å². The molecular formula is C20H20ClN3O2S. The Morgan fingerprint density at radius 3 is 2.70 bits per heavy atom. The van der Waals surface area contributed by atoms with Crippen LogP contribution in [0.15, 0.2) is 42.5 Å². The number of para-hydroxylation sites is 1. The van der Waals surface area contributed by atoms with E-state index in [1.165, 1.54) is 0 Å². The van der Waals surface area contributed by atoms with E-state index in [-0.39, 0.29) is 12.5 Å². The van der Waals surface area contributed by atoms with Gasteiger partial charge < -0.3 is 14.5 Å². The van der Waals surface area contributed by atoms with Crippen LogP contribution in [0, 0.1) is 6.92 Å². The maximum absolute atomic E-state index is 12.4. The first-order valence-corrected chi connectivity index (χ1v) is 10.1. The molecule has 4 rings (SSSR count). The minimum atomic E-state index is 0.0171. The van der Waals surface area contributed by atoms with Crippen molar-refractivity contribution in [3.05, 3.63) is 53.1 Å². The molecule has 0 atom stereocenters. The Bertz CT molecular complexity index is 967. The minimum Gasteiger partial charge on any atom is -0.484 e. The smallest absolute Gasteiger partial charge is 0.260 e. The first-order chi connectivity index (χ1) is 13.1. The molecule has 1 fully saturated rings. The third-order valence-electron chi connectivity index (χ3n) is 4.61. The Morgan fingerprint density at radius 1 is 1.19 bits per heavy atom. The van der Waals surface area contributed by atoms with E-state index in [9.17, 15) is 4.79 Å². The summed E-state index contributed by atoms with van der Waals surface area (Å²) >= 11 is 7.87. The van der Waals surface area contributed by atoms with E-state index in [0.717, 1.165) is 39.8 Å². The normalized spacial score (nSPS) is 14.6. The van der Waals surface area contributed by atoms with Crippen molar-refractivity contribution >= 4 is 44.2 Å². The van der Waals surface area contributed by atoms with Gasteiger partial charge in [-0.25, -0.2) is 4.98 Å². The van der Waals surface area contributed by atoms with Crippen LogP contribution in [-0.2, 0) is 4.79 Å². The molecule has 3 aromatic rings. The number of thiazole rings is 1. The van der Waals surface area contributed by atoms with Gasteiger partial charge in [0.1, 0.15) is 11.3 Å². The molecule has 1 aromatic heterocycles. The number of rotatable bonds is 4. The zero-order valence-corrected chi connectivity index (χ0v) is 16.6. The third-order valence-corrected chi connectivity index (χ3v) is 6.00. The van der Waals surface area contributed by atoms with Crippen LogP contribution in [-0.4, -0.2) is 48.6 Å². The highest BCUT2D eigenvalue weighted by atomic mass is 35.5. The number of benzene rings is 2. The number of piperazine rings is 1. The fraction of sp³-hybridized carbons (Fsp3) is 0.300. The van der Waals surface area contributed by atoms with Crippen molar-refractivity contribution in [3.8, 4) is 5.75 Å². The van der Waals surface area contributed by atoms with Gasteiger partial charge >= 0.3 is 0 Å². The van der Waals surface area contributed by atoms with Crippen molar-refractivity contribution in [2.75, 3.05) is 37.7 Å². The van der Waals surface area contributed by atoms with Crippen LogP contribution in [0.5, 0.6) is 5.75 Å². The topological polar surface area (TPSA) is 45.7 Å². The first-order valence-electron chi connectivity index (χ1n) is 8.87. The van der Waals surface area contributed by atoms with Gasteiger partial charge in [0.15, 0.2) is 11.7 Å². The monoisotopic (exact) mass is 401 g/mol. The van der Waals surface area contributed by atoms with Crippen molar-refractivity contribution in [2.24, 2.45) is 0 Å². The van der Waals surface area contributed by atoms with E-state index < -0.39 is 0 Å². The van der Waals surface area contributed by atoms with Crippen molar-refractivity contribution in [2.45, 2.75) is 6.92 Å². The molecule has 7 heteroatoms. The number of carbonyl (C=O) groups excluding carboxylic acids is 1. The molecule has 5 nitrogen and oxygen atoms in total. The van der Waals surface area contributed by atoms with E-state index in [1.54, 1.807) is 11.3 Å². The summed E-state index contributed by atoms with van der Waals surface area (Å²) in [7, 11) is 0. The first kappa shape index (κ1) is 18.1. The van der Waals surface area contributed by atoms with Crippen LogP contribution in [0.1, 0.15) is 5.56 Å². The van der Waals surface area contributed by atoms with Crippen LogP contribution in [0.4, 0.5) is 5.13 Å². The highest BCUT2D eigenvalue weighted by molar-refractivity contribution is 7.22. The molecule has 0 radical (unpaired) electrons. The molecule has 1 amide bonds. The fourth-order valence-corrected chi connectivity index (χ4v) is 4.44. The number of ether oxygens (including phenoxy) is 1. The van der Waals surface area contributed by atoms with Gasteiger partial charge in [-0.15, -0.1) is 0 Å². The summed E-state index contributed by atoms with van der Waals surface area (Å²) in [4.78, 5) is 21.2. The average Bonchev–Trinajstić information content (AvgIpc) is 3.12. The molecule has 0 bridgehead atoms. The molecular weight excluding hydrogens is 382 g/mol. The van der Waals surface area contributed by atoms with Gasteiger partial charge in [-0.05, 0) is 36.8 Å². The number of aromatic nitrogens is 1. The summed E-state index contributed by atoms with van der Waals surface area (Å²) in [6, 6.07) is 13.6. The predicted molar refractivity (Wildman–Crippen MR) is 110 cm³/mol. The van der Waals surface area contributed by atoms with E-state index in [0.29, 0.717) is 18.1 Å². The van der Waals surface area contributed by atoms with E-state index in [1.807, 2.05) is 54.3 Å². The summed E-state index contributed by atoms with van der Waals surface area (Å²) in [5.74, 6) is 0.747. The van der Waals surface area contributed by atoms with Crippen LogP contribution in [0.3, 0.4) is 0 Å². The molecule has 140 valence electrons. The molecule has 0 spiro atoms. The lowest BCUT2D eigenvalue weighted by atomic mass is 10.2. The lowest BCUT2D eigenvalue weighted by Crippen LogP contribution is -2.50. The summed E-state index contributed by atoms with van der Waals surface area (Å²) < 4.78 is 6.72. The number of hydrogen-bond donors (Lipinski definition) is 0. The SMILES string of the molecule is Cc1cccc(OCC(=O)N2CCN(c3nc4c(Cl)cccc4s3)CC2)c1. The van der Waals surface area contributed by atoms with E-state index in [2.05, 4.69) is 9.88 Å². The minimum absolute atomic E-state index is 0.0171. The molecule has 2 aromatic carbocycles. The summed E-state index contributed by atoms with van der Waals surface area (Å²) in [5.41, 5.74) is 1.97. The predicted octanol–water partition coefficient (Wildman–Crippen LogP) is 3.99. The Hall–Kier alpha value is -2.31. The second kappa shape index (κ2) is 7.74. The zero-order chi connectivity index (χ0) is 18.8. The molecule has 27 heavy (non-hydrogen) atoms. The van der Waals surface area contributed by atoms with Crippen molar-refractivity contribution in [1.82, 2.24) is 9.88 Å². The standard InChI is InChI=1S/C20H20ClN3O2S/c1-14-4-2-5-15(12-14)26-13-18(25)23-8-10-24(11-9-23)20-22-19-16(21)6-3-7-17(19)27-20/h2-7,12H,8-11,13H2,1H3. The quantitative estimate of drug-likeness (QED) is 0.663. The molecule has 1 saturated heterocycles. The molecule has 0 N–H and O–H groups in total. The van der Waals surface area contributed by atoms with Gasteiger partial charge in [-0.3, -0.25) is 4.79 Å². The Balaban J connectivity index is 1.34. The lowest BCUT2D eigenvalue weighted by Gasteiger charge is -2.34. The molecule has 0 saturated carbocycles. The van der Waals surface area contributed by atoms with Gasteiger partial charge in [-0.1, -0.05) is 41.1 Å². The molecule has 0 unspecified atom stereocenters. The van der Waals surface area contributed by atoms with Gasteiger partial charge in [0.2, 0.25) is 0 Å². The maximum atomic E-state index is 12.4. The number of halogens is 1. The van der Waals surface area contributed by atoms with Crippen molar-refractivity contribution < 1.29 is 9.53 Å². The highest BCUT2D eigenvalue weighted by Gasteiger charge is 2.23. The highest BCUT2D eigenvalue weighted by Crippen LogP contribution is 2.33. The number of aryl methyl sites for hydroxylation is 1. The lowest BCUT2D eigenvalue weighted by molar-refractivity contribution is -0.133. The second-order valence-corrected chi connectivity index (χ2v) is 7.97. The number of carbonyl (C=O) groups is 1. The number of anilines is 1. The number of amides is 1. The summed E-state index contributed by atoms with van der Waals surface area (Å²) in [5, 5.41) is 1.64. The Labute approximate surface area is 167 Å². The Kier molecular flexibility index (Phi) is 5.18. The zero-order valence-electron chi connectivity index (χ0n) is 15.0. The van der Waals surface area contributed by atoms with Gasteiger partial charge in [0, 0.05) is 26.2 Å². The maximum Gasteiger partial charge on any atom is 0.260 e. The summed E-state index contributed by atoms with van der Waals surface area (Å²) in [6.45, 7) is 4.92. The average molecular weight is 402 g/mol. The molecule has 2 heterocycles. The van der Waals surface area contributed by atoms with Crippen molar-refractivity contribution in [3.63, 3.8) is 0 Å². The molecule has 1 aliphatic heterocycles. The van der Waals surface area contributed by atoms with Gasteiger partial charge in [0.25, 0.3) is 5.91 Å². The molecule has 1 aliphatic rings. The fourth-order valence-electron chi connectivity index (χ4n) is 3.13. The van der Waals surface area contributed by atoms with Crippen LogP contribution >= 0.6 is 22.9 Å². The number of fused-ring (bicyclic) bond motifs is 1. The second-order valence-electron chi connectivity index (χ2n) is 6.56. The van der Waals surface area contributed by atoms with Gasteiger partial charge in [-0.2, -0.15) is 0 Å². The van der Waals surface area contributed by atoms with Crippen LogP contribution in [0.2, 0.25) is 5.02 Å². The van der Waals surface area contributed by atoms with E-state index in [4.69, 9.17) is 16.3 Å². The van der Waals surface area contributed by atoms with Gasteiger partial charge in [0.05, 0.1) is 9.72 Å². The largest absolute Gasteiger partial charge is 0.484 e. The summed E-state index contributed by atoms with van der Waals surface area (Å²) in [6.07, 6.45) is 0.